The molecule has 0 heterocycles. The van der Waals surface area contributed by atoms with Crippen LogP contribution in [-0.2, 0) is 27.9 Å². The predicted octanol–water partition coefficient (Wildman–Crippen LogP) is 21.3. The van der Waals surface area contributed by atoms with Crippen molar-refractivity contribution in [2.24, 2.45) is 0 Å². The van der Waals surface area contributed by atoms with Crippen LogP contribution in [0.1, 0.15) is 303 Å². The maximum atomic E-state index is 13.6. The molecular weight excluding hydrogens is 1020 g/mol. The molecule has 0 aromatic rings. The molecule has 470 valence electrons. The van der Waals surface area contributed by atoms with E-state index in [2.05, 4.69) is 99.0 Å². The smallest absolute Gasteiger partial charge is 0.456 e. The van der Waals surface area contributed by atoms with Gasteiger partial charge in [0.2, 0.25) is 5.91 Å². The van der Waals surface area contributed by atoms with E-state index in [1.807, 2.05) is 33.3 Å². The molecule has 0 aliphatic rings. The molecule has 0 aliphatic carbocycles. The zero-order chi connectivity index (χ0) is 59.3. The van der Waals surface area contributed by atoms with Crippen molar-refractivity contribution in [2.75, 3.05) is 40.9 Å². The summed E-state index contributed by atoms with van der Waals surface area (Å²) in [6, 6.07) is -0.859. The number of nitrogens with zero attached hydrogens (tertiary/aromatic N) is 1. The number of ether oxygens (including phenoxy) is 1. The molecule has 0 aliphatic heterocycles. The first kappa shape index (κ1) is 78.2. The third-order valence-corrected chi connectivity index (χ3v) is 15.8. The second-order valence-corrected chi connectivity index (χ2v) is 25.4. The summed E-state index contributed by atoms with van der Waals surface area (Å²) in [5, 5.41) is 3.06. The van der Waals surface area contributed by atoms with Crippen molar-refractivity contribution in [2.45, 2.75) is 315 Å². The van der Waals surface area contributed by atoms with E-state index in [-0.39, 0.29) is 31.5 Å². The Labute approximate surface area is 501 Å². The molecule has 0 bridgehead atoms. The van der Waals surface area contributed by atoms with Gasteiger partial charge in [-0.05, 0) is 83.1 Å². The second-order valence-electron chi connectivity index (χ2n) is 24.0. The lowest BCUT2D eigenvalue weighted by atomic mass is 10.0. The van der Waals surface area contributed by atoms with Crippen LogP contribution in [-0.4, -0.2) is 74.3 Å². The van der Waals surface area contributed by atoms with Crippen LogP contribution in [0.5, 0.6) is 0 Å². The van der Waals surface area contributed by atoms with Crippen molar-refractivity contribution in [3.63, 3.8) is 0 Å². The van der Waals surface area contributed by atoms with E-state index in [4.69, 9.17) is 13.8 Å². The Balaban J connectivity index is 5.19. The van der Waals surface area contributed by atoms with Gasteiger partial charge in [-0.1, -0.05) is 292 Å². The lowest BCUT2D eigenvalue weighted by molar-refractivity contribution is -0.870. The molecule has 9 nitrogen and oxygen atoms in total. The van der Waals surface area contributed by atoms with E-state index >= 15 is 0 Å². The van der Waals surface area contributed by atoms with Crippen molar-refractivity contribution in [3.8, 4) is 0 Å². The maximum absolute atomic E-state index is 13.6. The highest BCUT2D eigenvalue weighted by Crippen LogP contribution is 2.43. The van der Waals surface area contributed by atoms with Gasteiger partial charge in [0.1, 0.15) is 19.3 Å². The number of allylic oxidation sites excluding steroid dienone is 13. The third kappa shape index (κ3) is 61.6. The number of quaternary nitrogens is 1. The Morgan fingerprint density at radius 3 is 1.19 bits per heavy atom. The molecule has 0 rings (SSSR count). The van der Waals surface area contributed by atoms with Gasteiger partial charge < -0.3 is 19.4 Å². The first-order valence-electron chi connectivity index (χ1n) is 33.9. The summed E-state index contributed by atoms with van der Waals surface area (Å²) in [5.41, 5.74) is 0. The van der Waals surface area contributed by atoms with Gasteiger partial charge in [0, 0.05) is 12.8 Å². The van der Waals surface area contributed by atoms with Gasteiger partial charge in [0.15, 0.2) is 0 Å². The van der Waals surface area contributed by atoms with Gasteiger partial charge in [0.25, 0.3) is 0 Å². The van der Waals surface area contributed by atoms with Gasteiger partial charge >= 0.3 is 13.8 Å². The fourth-order valence-corrected chi connectivity index (χ4v) is 10.4. The van der Waals surface area contributed by atoms with Gasteiger partial charge in [0.05, 0.1) is 33.8 Å². The van der Waals surface area contributed by atoms with Crippen LogP contribution >= 0.6 is 7.82 Å². The minimum Gasteiger partial charge on any atom is -0.456 e. The molecule has 2 N–H and O–H groups in total. The molecule has 0 aromatic carbocycles. The molecule has 10 heteroatoms. The van der Waals surface area contributed by atoms with Gasteiger partial charge in [-0.2, -0.15) is 0 Å². The first-order chi connectivity index (χ1) is 39.4. The molecule has 0 aromatic heterocycles. The second kappa shape index (κ2) is 60.3. The van der Waals surface area contributed by atoms with Crippen molar-refractivity contribution in [1.29, 1.82) is 0 Å². The first-order valence-corrected chi connectivity index (χ1v) is 35.4. The Morgan fingerprint density at radius 1 is 0.444 bits per heavy atom. The molecule has 1 amide bonds. The Kier molecular flexibility index (Phi) is 58.2. The summed E-state index contributed by atoms with van der Waals surface area (Å²) >= 11 is 0. The van der Waals surface area contributed by atoms with E-state index < -0.39 is 20.0 Å². The average Bonchev–Trinajstić information content (AvgIpc) is 3.44. The number of esters is 1. The molecule has 3 atom stereocenters. The zero-order valence-electron chi connectivity index (χ0n) is 53.8. The topological polar surface area (TPSA) is 111 Å². The summed E-state index contributed by atoms with van der Waals surface area (Å²) in [4.78, 5) is 37.8. The summed E-state index contributed by atoms with van der Waals surface area (Å²) in [6.07, 6.45) is 80.1. The van der Waals surface area contributed by atoms with Crippen LogP contribution < -0.4 is 5.32 Å². The molecule has 3 unspecified atom stereocenters. The number of phosphoric acid groups is 1. The summed E-state index contributed by atoms with van der Waals surface area (Å²) < 4.78 is 30.8. The molecule has 0 saturated carbocycles. The Morgan fingerprint density at radius 2 is 0.790 bits per heavy atom. The quantitative estimate of drug-likeness (QED) is 0.0205. The standard InChI is InChI=1S/C71H129N2O7P/c1-7-10-13-16-19-22-25-28-30-32-33-34-35-36-37-38-39-41-42-45-48-51-54-57-60-63-70(74)72-68(67-79-81(76,77)78-66-65-73(4,5)6)69(62-59-56-53-50-47-44-27-24-21-18-15-12-9-3)80-71(75)64-61-58-55-52-49-46-43-40-31-29-26-23-20-17-14-11-8-2/h10,13,19,22,28,30,33-34,36-37,39,41,59,62,68-69H,7-9,11-12,14-18,20-21,23-27,29,31-32,35,38,40,42-58,60-61,63-67H2,1-6H3,(H-,72,74,76,77)/p+1/b13-10-,22-19-,30-28-,34-33-,37-36-,41-39-,62-59-. The van der Waals surface area contributed by atoms with Crippen LogP contribution in [0.3, 0.4) is 0 Å². The lowest BCUT2D eigenvalue weighted by Gasteiger charge is -2.27. The van der Waals surface area contributed by atoms with Gasteiger partial charge in [-0.15, -0.1) is 0 Å². The number of nitrogens with one attached hydrogen (secondary N) is 1. The number of carbonyl (C=O) groups is 2. The SMILES string of the molecule is CC/C=C\C/C=C\C/C=C\C/C=C\C/C=C\C/C=C\CCCCCCCCC(=O)NC(COP(=O)(O)OCC[N+](C)(C)C)C(/C=C\CCCCCCCCCCCCC)OC(=O)CCCCCCCCCCCCCCCCCCC. The van der Waals surface area contributed by atoms with Crippen LogP contribution in [0.25, 0.3) is 0 Å². The molecule has 0 fully saturated rings. The normalized spacial score (nSPS) is 14.1. The molecule has 0 radical (unpaired) electrons. The summed E-state index contributed by atoms with van der Waals surface area (Å²) in [6.45, 7) is 6.92. The third-order valence-electron chi connectivity index (χ3n) is 14.8. The largest absolute Gasteiger partial charge is 0.472 e. The number of unbranched alkanes of at least 4 members (excludes halogenated alkanes) is 33. The van der Waals surface area contributed by atoms with Crippen LogP contribution in [0.2, 0.25) is 0 Å². The number of carbonyl (C=O) groups excluding carboxylic acids is 2. The van der Waals surface area contributed by atoms with Gasteiger partial charge in [-0.3, -0.25) is 18.6 Å². The fraction of sp³-hybridized carbons (Fsp3) is 0.775. The van der Waals surface area contributed by atoms with E-state index in [0.717, 1.165) is 122 Å². The van der Waals surface area contributed by atoms with Crippen molar-refractivity contribution in [1.82, 2.24) is 5.32 Å². The molecule has 0 spiro atoms. The highest BCUT2D eigenvalue weighted by atomic mass is 31.2. The number of phosphoric ester groups is 1. The Bertz CT molecular complexity index is 1660. The van der Waals surface area contributed by atoms with Crippen molar-refractivity contribution in [3.05, 3.63) is 85.1 Å². The van der Waals surface area contributed by atoms with Gasteiger partial charge in [-0.25, -0.2) is 4.57 Å². The van der Waals surface area contributed by atoms with Crippen molar-refractivity contribution >= 4 is 19.7 Å². The number of amides is 1. The van der Waals surface area contributed by atoms with Crippen LogP contribution in [0, 0.1) is 0 Å². The average molecular weight is 1150 g/mol. The zero-order valence-corrected chi connectivity index (χ0v) is 54.7. The number of hydrogen-bond acceptors (Lipinski definition) is 6. The highest BCUT2D eigenvalue weighted by Gasteiger charge is 2.30. The molecule has 81 heavy (non-hydrogen) atoms. The minimum atomic E-state index is -4.46. The lowest BCUT2D eigenvalue weighted by Crippen LogP contribution is -2.47. The molecule has 0 saturated heterocycles. The molecular formula is C71H130N2O7P+. The van der Waals surface area contributed by atoms with E-state index in [1.54, 1.807) is 0 Å². The van der Waals surface area contributed by atoms with E-state index in [1.165, 1.54) is 148 Å². The number of hydrogen-bond donors (Lipinski definition) is 2. The van der Waals surface area contributed by atoms with E-state index in [9.17, 15) is 19.0 Å². The summed E-state index contributed by atoms with van der Waals surface area (Å²) in [7, 11) is 1.49. The number of rotatable bonds is 61. The fourth-order valence-electron chi connectivity index (χ4n) is 9.65. The Hall–Kier alpha value is -2.81. The van der Waals surface area contributed by atoms with E-state index in [0.29, 0.717) is 17.4 Å². The monoisotopic (exact) mass is 1150 g/mol. The minimum absolute atomic E-state index is 0.0352. The van der Waals surface area contributed by atoms with Crippen LogP contribution in [0.15, 0.2) is 85.1 Å². The maximum Gasteiger partial charge on any atom is 0.472 e. The van der Waals surface area contributed by atoms with Crippen LogP contribution in [0.4, 0.5) is 0 Å². The highest BCUT2D eigenvalue weighted by molar-refractivity contribution is 7.47. The predicted molar refractivity (Wildman–Crippen MR) is 351 cm³/mol. The number of likely N-dealkylation sites (N-methyl/N-ethyl adjacent to an activating group) is 1. The van der Waals surface area contributed by atoms with Crippen molar-refractivity contribution < 1.29 is 37.3 Å². The summed E-state index contributed by atoms with van der Waals surface area (Å²) in [5.74, 6) is -0.514.